The van der Waals surface area contributed by atoms with Crippen LogP contribution in [0.25, 0.3) is 0 Å². The molecule has 3 rings (SSSR count). The van der Waals surface area contributed by atoms with Crippen molar-refractivity contribution in [3.8, 4) is 11.5 Å². The maximum Gasteiger partial charge on any atom is 0.348 e. The number of sulfonamides is 1. The van der Waals surface area contributed by atoms with Gasteiger partial charge < -0.3 is 19.1 Å². The summed E-state index contributed by atoms with van der Waals surface area (Å²) >= 11 is 0. The lowest BCUT2D eigenvalue weighted by Gasteiger charge is -2.34. The smallest absolute Gasteiger partial charge is 0.348 e. The van der Waals surface area contributed by atoms with E-state index in [2.05, 4.69) is 0 Å². The number of amides is 1. The molecule has 1 atom stereocenters. The highest BCUT2D eigenvalue weighted by atomic mass is 32.2. The number of benzene rings is 2. The molecular weight excluding hydrogens is 424 g/mol. The van der Waals surface area contributed by atoms with E-state index < -0.39 is 34.5 Å². The van der Waals surface area contributed by atoms with Crippen LogP contribution in [0.2, 0.25) is 0 Å². The van der Waals surface area contributed by atoms with Gasteiger partial charge in [-0.1, -0.05) is 12.1 Å². The van der Waals surface area contributed by atoms with Crippen LogP contribution in [-0.4, -0.2) is 65.1 Å². The normalized spacial score (nSPS) is 15.8. The Hall–Kier alpha value is -3.11. The van der Waals surface area contributed by atoms with Gasteiger partial charge in [-0.3, -0.25) is 4.79 Å². The highest BCUT2D eigenvalue weighted by Crippen LogP contribution is 2.33. The van der Waals surface area contributed by atoms with E-state index in [4.69, 9.17) is 14.2 Å². The Kier molecular flexibility index (Phi) is 6.51. The minimum Gasteiger partial charge on any atom is -0.496 e. The highest BCUT2D eigenvalue weighted by Gasteiger charge is 2.35. The number of esters is 1. The molecule has 0 saturated heterocycles. The number of aryl methyl sites for hydroxylation is 1. The molecule has 10 heteroatoms. The van der Waals surface area contributed by atoms with E-state index >= 15 is 0 Å². The number of hydrogen-bond acceptors (Lipinski definition) is 7. The van der Waals surface area contributed by atoms with Crippen LogP contribution in [0.15, 0.2) is 47.4 Å². The predicted molar refractivity (Wildman–Crippen MR) is 113 cm³/mol. The molecule has 2 aromatic carbocycles. The molecule has 0 bridgehead atoms. The van der Waals surface area contributed by atoms with Crippen LogP contribution in [-0.2, 0) is 24.3 Å². The fraction of sp³-hybridized carbons (Fsp3) is 0.333. The summed E-state index contributed by atoms with van der Waals surface area (Å²) in [6, 6.07) is 11.2. The maximum absolute atomic E-state index is 13.1. The Bertz CT molecular complexity index is 1100. The molecule has 0 radical (unpaired) electrons. The van der Waals surface area contributed by atoms with Crippen molar-refractivity contribution in [3.05, 3.63) is 48.0 Å². The first-order chi connectivity index (χ1) is 14.7. The predicted octanol–water partition coefficient (Wildman–Crippen LogP) is 1.59. The highest BCUT2D eigenvalue weighted by molar-refractivity contribution is 7.89. The second kappa shape index (κ2) is 8.94. The van der Waals surface area contributed by atoms with E-state index in [9.17, 15) is 18.0 Å². The van der Waals surface area contributed by atoms with Gasteiger partial charge in [0.05, 0.1) is 37.9 Å². The van der Waals surface area contributed by atoms with Crippen molar-refractivity contribution < 1.29 is 32.2 Å². The third-order valence-corrected chi connectivity index (χ3v) is 6.77. The molecule has 0 aromatic heterocycles. The molecule has 1 amide bonds. The molecule has 0 aliphatic carbocycles. The fourth-order valence-corrected chi connectivity index (χ4v) is 4.48. The van der Waals surface area contributed by atoms with Gasteiger partial charge >= 0.3 is 5.97 Å². The van der Waals surface area contributed by atoms with Crippen molar-refractivity contribution in [2.75, 3.05) is 39.3 Å². The zero-order chi connectivity index (χ0) is 22.8. The van der Waals surface area contributed by atoms with Crippen molar-refractivity contribution in [1.29, 1.82) is 0 Å². The van der Waals surface area contributed by atoms with E-state index in [0.29, 0.717) is 22.7 Å². The lowest BCUT2D eigenvalue weighted by Crippen LogP contribution is -2.50. The molecule has 166 valence electrons. The molecule has 0 N–H and O–H groups in total. The van der Waals surface area contributed by atoms with Crippen molar-refractivity contribution >= 4 is 27.6 Å². The second-order valence-electron chi connectivity index (χ2n) is 6.99. The first-order valence-corrected chi connectivity index (χ1v) is 10.9. The number of para-hydroxylation sites is 2. The third-order valence-electron chi connectivity index (χ3n) is 4.97. The quantitative estimate of drug-likeness (QED) is 0.619. The molecule has 1 heterocycles. The van der Waals surface area contributed by atoms with Gasteiger partial charge in [0.25, 0.3) is 0 Å². The summed E-state index contributed by atoms with van der Waals surface area (Å²) in [7, 11) is 0.140. The SMILES string of the molecule is COC(=O)[C@H]1CN(C(=O)CN(C)S(=O)(=O)c2ccc(OC)c(C)c2)c2ccccc2O1. The molecular formula is C21H24N2O7S. The lowest BCUT2D eigenvalue weighted by atomic mass is 10.2. The Morgan fingerprint density at radius 2 is 1.90 bits per heavy atom. The Balaban J connectivity index is 1.84. The van der Waals surface area contributed by atoms with Crippen molar-refractivity contribution in [2.45, 2.75) is 17.9 Å². The number of carbonyl (C=O) groups excluding carboxylic acids is 2. The number of fused-ring (bicyclic) bond motifs is 1. The van der Waals surface area contributed by atoms with Crippen LogP contribution in [0.5, 0.6) is 11.5 Å². The molecule has 0 saturated carbocycles. The Labute approximate surface area is 181 Å². The van der Waals surface area contributed by atoms with Crippen LogP contribution < -0.4 is 14.4 Å². The van der Waals surface area contributed by atoms with Gasteiger partial charge in [0.1, 0.15) is 11.5 Å². The number of methoxy groups -OCH3 is 2. The standard InChI is InChI=1S/C21H24N2O7S/c1-14-11-15(9-10-17(14)28-3)31(26,27)22(2)13-20(24)23-12-19(21(25)29-4)30-18-8-6-5-7-16(18)23/h5-11,19H,12-13H2,1-4H3/t19-/m1/s1. The van der Waals surface area contributed by atoms with E-state index in [-0.39, 0.29) is 11.4 Å². The summed E-state index contributed by atoms with van der Waals surface area (Å²) in [5, 5.41) is 0. The molecule has 31 heavy (non-hydrogen) atoms. The number of carbonyl (C=O) groups is 2. The summed E-state index contributed by atoms with van der Waals surface area (Å²) in [4.78, 5) is 26.4. The van der Waals surface area contributed by atoms with E-state index in [1.165, 1.54) is 38.3 Å². The van der Waals surface area contributed by atoms with Gasteiger partial charge in [-0.05, 0) is 42.8 Å². The van der Waals surface area contributed by atoms with Crippen LogP contribution in [0.1, 0.15) is 5.56 Å². The third kappa shape index (κ3) is 4.49. The van der Waals surface area contributed by atoms with Crippen molar-refractivity contribution in [3.63, 3.8) is 0 Å². The summed E-state index contributed by atoms with van der Waals surface area (Å²) in [5.74, 6) is -0.215. The number of ether oxygens (including phenoxy) is 3. The second-order valence-corrected chi connectivity index (χ2v) is 9.04. The maximum atomic E-state index is 13.1. The summed E-state index contributed by atoms with van der Waals surface area (Å²) in [6.45, 7) is 1.23. The fourth-order valence-electron chi connectivity index (χ4n) is 3.28. The minimum absolute atomic E-state index is 0.0518. The average molecular weight is 448 g/mol. The Morgan fingerprint density at radius 1 is 1.19 bits per heavy atom. The van der Waals surface area contributed by atoms with Gasteiger partial charge in [0.2, 0.25) is 22.0 Å². The van der Waals surface area contributed by atoms with Gasteiger partial charge in [0.15, 0.2) is 0 Å². The molecule has 0 spiro atoms. The molecule has 9 nitrogen and oxygen atoms in total. The summed E-state index contributed by atoms with van der Waals surface area (Å²) < 4.78 is 42.5. The van der Waals surface area contributed by atoms with E-state index in [1.54, 1.807) is 37.3 Å². The number of anilines is 1. The number of nitrogens with zero attached hydrogens (tertiary/aromatic N) is 2. The van der Waals surface area contributed by atoms with Crippen LogP contribution in [0, 0.1) is 6.92 Å². The van der Waals surface area contributed by atoms with Gasteiger partial charge in [-0.15, -0.1) is 0 Å². The van der Waals surface area contributed by atoms with E-state index in [1.807, 2.05) is 0 Å². The van der Waals surface area contributed by atoms with Gasteiger partial charge in [-0.2, -0.15) is 4.31 Å². The zero-order valence-electron chi connectivity index (χ0n) is 17.7. The lowest BCUT2D eigenvalue weighted by molar-refractivity contribution is -0.148. The minimum atomic E-state index is -3.92. The summed E-state index contributed by atoms with van der Waals surface area (Å²) in [5.41, 5.74) is 1.12. The Morgan fingerprint density at radius 3 is 2.55 bits per heavy atom. The molecule has 0 unspecified atom stereocenters. The summed E-state index contributed by atoms with van der Waals surface area (Å²) in [6.07, 6.45) is -1.00. The first kappa shape index (κ1) is 22.6. The van der Waals surface area contributed by atoms with Crippen molar-refractivity contribution in [1.82, 2.24) is 4.31 Å². The largest absolute Gasteiger partial charge is 0.496 e. The molecule has 0 fully saturated rings. The van der Waals surface area contributed by atoms with Crippen molar-refractivity contribution in [2.24, 2.45) is 0 Å². The molecule has 1 aliphatic rings. The van der Waals surface area contributed by atoms with Crippen LogP contribution in [0.4, 0.5) is 5.69 Å². The van der Waals surface area contributed by atoms with Crippen LogP contribution in [0.3, 0.4) is 0 Å². The van der Waals surface area contributed by atoms with Gasteiger partial charge in [0, 0.05) is 7.05 Å². The number of hydrogen-bond donors (Lipinski definition) is 0. The first-order valence-electron chi connectivity index (χ1n) is 9.44. The monoisotopic (exact) mass is 448 g/mol. The molecule has 2 aromatic rings. The van der Waals surface area contributed by atoms with Crippen LogP contribution >= 0.6 is 0 Å². The molecule has 1 aliphatic heterocycles. The van der Waals surface area contributed by atoms with Gasteiger partial charge in [-0.25, -0.2) is 13.2 Å². The zero-order valence-corrected chi connectivity index (χ0v) is 18.5. The number of likely N-dealkylation sites (N-methyl/N-ethyl adjacent to an activating group) is 1. The average Bonchev–Trinajstić information content (AvgIpc) is 2.77. The topological polar surface area (TPSA) is 102 Å². The van der Waals surface area contributed by atoms with E-state index in [0.717, 1.165) is 4.31 Å². The number of rotatable bonds is 6.